The minimum absolute atomic E-state index is 0.0578. The molecule has 0 amide bonds. The lowest BCUT2D eigenvalue weighted by atomic mass is 10.1. The van der Waals surface area contributed by atoms with Crippen molar-refractivity contribution in [3.63, 3.8) is 0 Å². The van der Waals surface area contributed by atoms with Crippen molar-refractivity contribution in [2.24, 2.45) is 22.2 Å². The molecule has 0 aliphatic heterocycles. The van der Waals surface area contributed by atoms with Crippen LogP contribution in [0.4, 0.5) is 0 Å². The third kappa shape index (κ3) is 6.72. The molecular formula is C19H25N5O2. The van der Waals surface area contributed by atoms with Crippen LogP contribution in [0.3, 0.4) is 0 Å². The number of nitrogens with zero attached hydrogens (tertiary/aromatic N) is 1. The zero-order valence-corrected chi connectivity index (χ0v) is 14.7. The molecule has 2 rings (SSSR count). The Morgan fingerprint density at radius 2 is 1.46 bits per heavy atom. The fraction of sp³-hybridized carbons (Fsp3) is 0.263. The van der Waals surface area contributed by atoms with Crippen LogP contribution >= 0.6 is 0 Å². The molecule has 0 saturated carbocycles. The summed E-state index contributed by atoms with van der Waals surface area (Å²) in [5.41, 5.74) is 18.0. The van der Waals surface area contributed by atoms with E-state index in [2.05, 4.69) is 4.99 Å². The number of nitrogens with one attached hydrogen (secondary N) is 1. The number of ether oxygens (including phenoxy) is 2. The van der Waals surface area contributed by atoms with E-state index >= 15 is 0 Å². The highest BCUT2D eigenvalue weighted by atomic mass is 16.5. The summed E-state index contributed by atoms with van der Waals surface area (Å²) >= 11 is 0. The number of hydrogen-bond donors (Lipinski definition) is 4. The second-order valence-electron chi connectivity index (χ2n) is 5.69. The Balaban J connectivity index is 1.97. The lowest BCUT2D eigenvalue weighted by molar-refractivity contribution is 0.313. The quantitative estimate of drug-likeness (QED) is 0.294. The molecule has 0 aliphatic carbocycles. The second-order valence-corrected chi connectivity index (χ2v) is 5.69. The number of aliphatic imine (C=N–C) groups is 1. The van der Waals surface area contributed by atoms with E-state index in [1.165, 1.54) is 0 Å². The van der Waals surface area contributed by atoms with Gasteiger partial charge in [0.25, 0.3) is 0 Å². The van der Waals surface area contributed by atoms with Gasteiger partial charge in [0.1, 0.15) is 18.1 Å². The highest BCUT2D eigenvalue weighted by Gasteiger charge is 2.03. The summed E-state index contributed by atoms with van der Waals surface area (Å²) < 4.78 is 11.4. The highest BCUT2D eigenvalue weighted by molar-refractivity contribution is 5.76. The molecule has 7 heteroatoms. The highest BCUT2D eigenvalue weighted by Crippen LogP contribution is 2.27. The molecule has 0 unspecified atom stereocenters. The zero-order valence-electron chi connectivity index (χ0n) is 14.7. The molecular weight excluding hydrogens is 330 g/mol. The van der Waals surface area contributed by atoms with Crippen molar-refractivity contribution in [1.29, 1.82) is 5.41 Å². The van der Waals surface area contributed by atoms with Gasteiger partial charge in [-0.15, -0.1) is 0 Å². The lowest BCUT2D eigenvalue weighted by Gasteiger charge is -2.10. The topological polar surface area (TPSA) is 133 Å². The Hall–Kier alpha value is -3.22. The van der Waals surface area contributed by atoms with Gasteiger partial charge in [-0.3, -0.25) is 10.4 Å². The standard InChI is InChI=1S/C19H25N5O2/c20-18(21)8-3-10-25-16-6-1-4-14(12-16)15-5-2-7-17(13-15)26-11-9-24-19(22)23/h1-2,4-7,12-13H,3,8-11H2,(H3,20,21)(H4,22,23,24). The van der Waals surface area contributed by atoms with E-state index in [9.17, 15) is 0 Å². The smallest absolute Gasteiger partial charge is 0.186 e. The molecule has 0 bridgehead atoms. The largest absolute Gasteiger partial charge is 0.494 e. The Bertz CT molecular complexity index is 757. The summed E-state index contributed by atoms with van der Waals surface area (Å²) in [4.78, 5) is 3.89. The summed E-state index contributed by atoms with van der Waals surface area (Å²) in [5, 5.41) is 7.22. The van der Waals surface area contributed by atoms with Crippen LogP contribution in [0.2, 0.25) is 0 Å². The normalized spacial score (nSPS) is 10.2. The summed E-state index contributed by atoms with van der Waals surface area (Å²) in [6.45, 7) is 1.34. The molecule has 26 heavy (non-hydrogen) atoms. The van der Waals surface area contributed by atoms with E-state index in [1.54, 1.807) is 0 Å². The number of guanidine groups is 1. The molecule has 2 aromatic rings. The number of nitrogens with two attached hydrogens (primary N) is 3. The van der Waals surface area contributed by atoms with Gasteiger partial charge in [-0.1, -0.05) is 24.3 Å². The molecule has 0 spiro atoms. The van der Waals surface area contributed by atoms with Gasteiger partial charge >= 0.3 is 0 Å². The van der Waals surface area contributed by atoms with Gasteiger partial charge in [0.2, 0.25) is 0 Å². The number of amidine groups is 1. The van der Waals surface area contributed by atoms with E-state index in [4.69, 9.17) is 32.1 Å². The number of rotatable bonds is 10. The van der Waals surface area contributed by atoms with Crippen LogP contribution in [0, 0.1) is 5.41 Å². The van der Waals surface area contributed by atoms with Crippen molar-refractivity contribution in [2.75, 3.05) is 19.8 Å². The van der Waals surface area contributed by atoms with Crippen molar-refractivity contribution in [3.8, 4) is 22.6 Å². The Morgan fingerprint density at radius 1 is 0.885 bits per heavy atom. The van der Waals surface area contributed by atoms with Crippen LogP contribution in [0.5, 0.6) is 11.5 Å². The molecule has 138 valence electrons. The maximum atomic E-state index is 7.22. The van der Waals surface area contributed by atoms with Gasteiger partial charge in [-0.2, -0.15) is 0 Å². The van der Waals surface area contributed by atoms with Gasteiger partial charge in [-0.25, -0.2) is 0 Å². The molecule has 0 radical (unpaired) electrons. The van der Waals surface area contributed by atoms with Crippen LogP contribution in [0.1, 0.15) is 12.8 Å². The molecule has 0 aliphatic rings. The summed E-state index contributed by atoms with van der Waals surface area (Å²) in [6.07, 6.45) is 1.26. The predicted molar refractivity (Wildman–Crippen MR) is 105 cm³/mol. The van der Waals surface area contributed by atoms with Gasteiger partial charge in [0, 0.05) is 6.42 Å². The molecule has 0 saturated heterocycles. The second kappa shape index (κ2) is 9.93. The van der Waals surface area contributed by atoms with E-state index in [0.29, 0.717) is 26.2 Å². The Kier molecular flexibility index (Phi) is 7.30. The van der Waals surface area contributed by atoms with E-state index < -0.39 is 0 Å². The average molecular weight is 355 g/mol. The molecule has 0 aromatic heterocycles. The third-order valence-electron chi connectivity index (χ3n) is 3.51. The van der Waals surface area contributed by atoms with Crippen LogP contribution in [0.15, 0.2) is 53.5 Å². The van der Waals surface area contributed by atoms with Gasteiger partial charge in [0.05, 0.1) is 19.0 Å². The molecule has 0 fully saturated rings. The summed E-state index contributed by atoms with van der Waals surface area (Å²) in [7, 11) is 0. The first-order valence-electron chi connectivity index (χ1n) is 8.39. The van der Waals surface area contributed by atoms with Crippen molar-refractivity contribution < 1.29 is 9.47 Å². The Morgan fingerprint density at radius 3 is 2.00 bits per heavy atom. The minimum Gasteiger partial charge on any atom is -0.494 e. The van der Waals surface area contributed by atoms with Gasteiger partial charge in [0.15, 0.2) is 5.96 Å². The maximum Gasteiger partial charge on any atom is 0.186 e. The van der Waals surface area contributed by atoms with E-state index in [0.717, 1.165) is 29.0 Å². The fourth-order valence-corrected chi connectivity index (χ4v) is 2.32. The SMILES string of the molecule is N=C(N)CCCOc1cccc(-c2cccc(OCCN=C(N)N)c2)c1. The van der Waals surface area contributed by atoms with Crippen molar-refractivity contribution in [1.82, 2.24) is 0 Å². The van der Waals surface area contributed by atoms with Crippen molar-refractivity contribution >= 4 is 11.8 Å². The molecule has 7 nitrogen and oxygen atoms in total. The minimum atomic E-state index is 0.0578. The first-order valence-corrected chi connectivity index (χ1v) is 8.39. The third-order valence-corrected chi connectivity index (χ3v) is 3.51. The lowest BCUT2D eigenvalue weighted by Crippen LogP contribution is -2.23. The van der Waals surface area contributed by atoms with Crippen LogP contribution in [-0.4, -0.2) is 31.6 Å². The molecule has 0 atom stereocenters. The Labute approximate surface area is 153 Å². The van der Waals surface area contributed by atoms with E-state index in [-0.39, 0.29) is 11.8 Å². The van der Waals surface area contributed by atoms with Crippen molar-refractivity contribution in [3.05, 3.63) is 48.5 Å². The van der Waals surface area contributed by atoms with Crippen LogP contribution < -0.4 is 26.7 Å². The fourth-order valence-electron chi connectivity index (χ4n) is 2.32. The van der Waals surface area contributed by atoms with Crippen LogP contribution in [-0.2, 0) is 0 Å². The van der Waals surface area contributed by atoms with Gasteiger partial charge < -0.3 is 26.7 Å². The molecule has 2 aromatic carbocycles. The predicted octanol–water partition coefficient (Wildman–Crippen LogP) is 2.10. The number of hydrogen-bond acceptors (Lipinski definition) is 4. The summed E-state index contributed by atoms with van der Waals surface area (Å²) in [6, 6.07) is 15.6. The monoisotopic (exact) mass is 355 g/mol. The molecule has 0 heterocycles. The van der Waals surface area contributed by atoms with Crippen LogP contribution in [0.25, 0.3) is 11.1 Å². The summed E-state index contributed by atoms with van der Waals surface area (Å²) in [5.74, 6) is 1.77. The maximum absolute atomic E-state index is 7.22. The average Bonchev–Trinajstić information content (AvgIpc) is 2.63. The first kappa shape index (κ1) is 19.1. The van der Waals surface area contributed by atoms with Crippen molar-refractivity contribution in [2.45, 2.75) is 12.8 Å². The van der Waals surface area contributed by atoms with E-state index in [1.807, 2.05) is 48.5 Å². The van der Waals surface area contributed by atoms with Gasteiger partial charge in [-0.05, 0) is 41.8 Å². The molecule has 7 N–H and O–H groups in total. The zero-order chi connectivity index (χ0) is 18.8. The number of benzene rings is 2. The first-order chi connectivity index (χ1) is 12.5.